The third-order valence-electron chi connectivity index (χ3n) is 3.18. The van der Waals surface area contributed by atoms with Gasteiger partial charge in [0.1, 0.15) is 10.5 Å². The number of nitrogens with one attached hydrogen (secondary N) is 1. The number of thiophene rings is 1. The molecule has 7 nitrogen and oxygen atoms in total. The lowest BCUT2D eigenvalue weighted by atomic mass is 10.1. The molecule has 2 aromatic heterocycles. The van der Waals surface area contributed by atoms with Gasteiger partial charge in [0.05, 0.1) is 17.5 Å². The van der Waals surface area contributed by atoms with Crippen molar-refractivity contribution in [2.24, 2.45) is 0 Å². The van der Waals surface area contributed by atoms with E-state index in [0.29, 0.717) is 22.5 Å². The Balaban J connectivity index is 1.97. The van der Waals surface area contributed by atoms with E-state index in [0.717, 1.165) is 5.56 Å². The van der Waals surface area contributed by atoms with E-state index in [1.54, 1.807) is 18.2 Å². The summed E-state index contributed by atoms with van der Waals surface area (Å²) in [6, 6.07) is 6.37. The van der Waals surface area contributed by atoms with Gasteiger partial charge in [0.15, 0.2) is 5.75 Å². The van der Waals surface area contributed by atoms with Crippen LogP contribution in [0.5, 0.6) is 5.75 Å². The topological polar surface area (TPSA) is 98.1 Å². The van der Waals surface area contributed by atoms with Crippen LogP contribution in [0.3, 0.4) is 0 Å². The molecule has 0 radical (unpaired) electrons. The zero-order chi connectivity index (χ0) is 15.7. The minimum Gasteiger partial charge on any atom is -0.490 e. The highest BCUT2D eigenvalue weighted by Crippen LogP contribution is 2.28. The summed E-state index contributed by atoms with van der Waals surface area (Å²) in [4.78, 5) is 29.4. The number of nitrogens with zero attached hydrogens (tertiary/aromatic N) is 2. The summed E-state index contributed by atoms with van der Waals surface area (Å²) in [7, 11) is 1.38. The molecule has 3 rings (SSSR count). The van der Waals surface area contributed by atoms with E-state index in [-0.39, 0.29) is 17.0 Å². The van der Waals surface area contributed by atoms with E-state index >= 15 is 0 Å². The highest BCUT2D eigenvalue weighted by Gasteiger charge is 2.15. The zero-order valence-electron chi connectivity index (χ0n) is 11.5. The summed E-state index contributed by atoms with van der Waals surface area (Å²) in [5, 5.41) is 12.7. The van der Waals surface area contributed by atoms with Gasteiger partial charge in [-0.15, -0.1) is 11.3 Å². The third-order valence-corrected chi connectivity index (χ3v) is 4.08. The third kappa shape index (κ3) is 2.56. The van der Waals surface area contributed by atoms with Gasteiger partial charge in [0.2, 0.25) is 0 Å². The van der Waals surface area contributed by atoms with Crippen molar-refractivity contribution in [2.75, 3.05) is 7.11 Å². The van der Waals surface area contributed by atoms with Crippen LogP contribution >= 0.6 is 11.3 Å². The number of hydrogen-bond acceptors (Lipinski definition) is 6. The molecule has 0 aliphatic carbocycles. The summed E-state index contributed by atoms with van der Waals surface area (Å²) in [6.07, 6.45) is 0.357. The molecule has 8 heteroatoms. The molecule has 0 aliphatic rings. The fourth-order valence-corrected chi connectivity index (χ4v) is 2.91. The Bertz CT molecular complexity index is 916. The van der Waals surface area contributed by atoms with Crippen molar-refractivity contribution in [1.29, 1.82) is 0 Å². The molecule has 3 aromatic rings. The van der Waals surface area contributed by atoms with Crippen LogP contribution in [0.15, 0.2) is 34.4 Å². The predicted molar refractivity (Wildman–Crippen MR) is 82.7 cm³/mol. The van der Waals surface area contributed by atoms with Crippen LogP contribution in [0, 0.1) is 10.1 Å². The number of nitro groups is 1. The monoisotopic (exact) mass is 317 g/mol. The lowest BCUT2D eigenvalue weighted by Crippen LogP contribution is -2.10. The van der Waals surface area contributed by atoms with Gasteiger partial charge in [-0.1, -0.05) is 6.07 Å². The molecule has 0 bridgehead atoms. The Hall–Kier alpha value is -2.74. The molecule has 0 unspecified atom stereocenters. The molecule has 0 spiro atoms. The van der Waals surface area contributed by atoms with Crippen LogP contribution < -0.4 is 10.3 Å². The maximum atomic E-state index is 11.9. The molecule has 0 aliphatic heterocycles. The van der Waals surface area contributed by atoms with Crippen molar-refractivity contribution in [3.8, 4) is 5.75 Å². The Labute approximate surface area is 128 Å². The van der Waals surface area contributed by atoms with Crippen LogP contribution in [-0.4, -0.2) is 22.0 Å². The average molecular weight is 317 g/mol. The second kappa shape index (κ2) is 5.57. The second-order valence-corrected chi connectivity index (χ2v) is 5.50. The minimum atomic E-state index is -0.500. The zero-order valence-corrected chi connectivity index (χ0v) is 12.3. The molecular formula is C14H11N3O4S. The number of ether oxygens (including phenoxy) is 1. The van der Waals surface area contributed by atoms with Crippen molar-refractivity contribution in [3.05, 3.63) is 61.5 Å². The van der Waals surface area contributed by atoms with Gasteiger partial charge in [-0.2, -0.15) is 0 Å². The van der Waals surface area contributed by atoms with Gasteiger partial charge >= 0.3 is 5.69 Å². The van der Waals surface area contributed by atoms with Crippen LogP contribution in [0.4, 0.5) is 5.69 Å². The second-order valence-electron chi connectivity index (χ2n) is 4.59. The van der Waals surface area contributed by atoms with Gasteiger partial charge in [-0.25, -0.2) is 4.98 Å². The Kier molecular flexibility index (Phi) is 3.60. The molecule has 0 amide bonds. The number of nitro benzene ring substituents is 1. The van der Waals surface area contributed by atoms with Crippen molar-refractivity contribution < 1.29 is 9.66 Å². The molecule has 0 saturated heterocycles. The summed E-state index contributed by atoms with van der Waals surface area (Å²) in [6.45, 7) is 0. The number of methoxy groups -OCH3 is 1. The molecule has 2 heterocycles. The van der Waals surface area contributed by atoms with Crippen LogP contribution in [0.1, 0.15) is 11.4 Å². The first-order chi connectivity index (χ1) is 10.6. The van der Waals surface area contributed by atoms with E-state index in [1.807, 2.05) is 5.38 Å². The largest absolute Gasteiger partial charge is 0.490 e. The molecule has 0 fully saturated rings. The van der Waals surface area contributed by atoms with Crippen molar-refractivity contribution in [2.45, 2.75) is 6.42 Å². The lowest BCUT2D eigenvalue weighted by Gasteiger charge is -2.05. The molecular weight excluding hydrogens is 306 g/mol. The van der Waals surface area contributed by atoms with Gasteiger partial charge in [-0.3, -0.25) is 14.9 Å². The first-order valence-electron chi connectivity index (χ1n) is 6.36. The number of benzene rings is 1. The normalized spacial score (nSPS) is 10.8. The first kappa shape index (κ1) is 14.2. The first-order valence-corrected chi connectivity index (χ1v) is 7.24. The Morgan fingerprint density at radius 3 is 2.95 bits per heavy atom. The molecule has 1 N–H and O–H groups in total. The number of fused-ring (bicyclic) bond motifs is 1. The molecule has 22 heavy (non-hydrogen) atoms. The quantitative estimate of drug-likeness (QED) is 0.589. The summed E-state index contributed by atoms with van der Waals surface area (Å²) >= 11 is 1.34. The van der Waals surface area contributed by atoms with Crippen LogP contribution in [0.2, 0.25) is 0 Å². The van der Waals surface area contributed by atoms with Crippen LogP contribution in [-0.2, 0) is 6.42 Å². The minimum absolute atomic E-state index is 0.0963. The molecule has 1 aromatic carbocycles. The summed E-state index contributed by atoms with van der Waals surface area (Å²) in [5.41, 5.74) is 1.14. The lowest BCUT2D eigenvalue weighted by molar-refractivity contribution is -0.385. The smallest absolute Gasteiger partial charge is 0.310 e. The van der Waals surface area contributed by atoms with E-state index < -0.39 is 4.92 Å². The molecule has 112 valence electrons. The number of H-pyrrole nitrogens is 1. The van der Waals surface area contributed by atoms with Gasteiger partial charge in [0, 0.05) is 12.5 Å². The van der Waals surface area contributed by atoms with Gasteiger partial charge in [0.25, 0.3) is 5.56 Å². The van der Waals surface area contributed by atoms with E-state index in [4.69, 9.17) is 4.74 Å². The maximum Gasteiger partial charge on any atom is 0.310 e. The molecule has 0 atom stereocenters. The predicted octanol–water partition coefficient (Wildman–Crippen LogP) is 2.49. The van der Waals surface area contributed by atoms with Gasteiger partial charge in [-0.05, 0) is 23.1 Å². The number of rotatable bonds is 4. The maximum absolute atomic E-state index is 11.9. The summed E-state index contributed by atoms with van der Waals surface area (Å²) < 4.78 is 5.62. The van der Waals surface area contributed by atoms with Crippen molar-refractivity contribution in [3.63, 3.8) is 0 Å². The Morgan fingerprint density at radius 2 is 2.23 bits per heavy atom. The van der Waals surface area contributed by atoms with E-state index in [2.05, 4.69) is 9.97 Å². The SMILES string of the molecule is COc1cc(Cc2nc3ccsc3c(=O)[nH]2)ccc1[N+](=O)[O-]. The van der Waals surface area contributed by atoms with Crippen LogP contribution in [0.25, 0.3) is 10.2 Å². The van der Waals surface area contributed by atoms with E-state index in [1.165, 1.54) is 24.5 Å². The number of hydrogen-bond donors (Lipinski definition) is 1. The standard InChI is InChI=1S/C14H11N3O4S/c1-21-11-6-8(2-3-10(11)17(19)20)7-12-15-9-4-5-22-13(9)14(18)16-12/h2-6H,7H2,1H3,(H,15,16,18). The highest BCUT2D eigenvalue weighted by atomic mass is 32.1. The van der Waals surface area contributed by atoms with Gasteiger partial charge < -0.3 is 9.72 Å². The fourth-order valence-electron chi connectivity index (χ4n) is 2.18. The Morgan fingerprint density at radius 1 is 1.41 bits per heavy atom. The number of aromatic amines is 1. The molecule has 0 saturated carbocycles. The highest BCUT2D eigenvalue weighted by molar-refractivity contribution is 7.17. The van der Waals surface area contributed by atoms with Crippen molar-refractivity contribution in [1.82, 2.24) is 9.97 Å². The number of aromatic nitrogens is 2. The van der Waals surface area contributed by atoms with E-state index in [9.17, 15) is 14.9 Å². The van der Waals surface area contributed by atoms with Crippen molar-refractivity contribution >= 4 is 27.2 Å². The fraction of sp³-hybridized carbons (Fsp3) is 0.143. The summed E-state index contributed by atoms with van der Waals surface area (Å²) in [5.74, 6) is 0.688. The average Bonchev–Trinajstić information content (AvgIpc) is 2.95.